The van der Waals surface area contributed by atoms with Crippen molar-refractivity contribution < 1.29 is 33.3 Å². The number of dihydropyridines is 1. The van der Waals surface area contributed by atoms with Gasteiger partial charge in [-0.1, -0.05) is 30.3 Å². The molecule has 2 aromatic rings. The number of esters is 2. The zero-order chi connectivity index (χ0) is 27.4. The number of carbonyl (C=O) groups is 3. The van der Waals surface area contributed by atoms with Gasteiger partial charge >= 0.3 is 11.9 Å². The second kappa shape index (κ2) is 11.5. The van der Waals surface area contributed by atoms with Crippen LogP contribution in [-0.2, 0) is 23.9 Å². The summed E-state index contributed by atoms with van der Waals surface area (Å²) in [5.41, 5.74) is 3.43. The molecule has 0 spiro atoms. The van der Waals surface area contributed by atoms with Crippen molar-refractivity contribution in [2.45, 2.75) is 39.0 Å². The van der Waals surface area contributed by atoms with Gasteiger partial charge in [-0.2, -0.15) is 0 Å². The standard InChI is InChI=1S/C30H33NO7/c1-6-37-29(33)24-17(3)31-22-16-21(20-10-8-9-11-23(20)36-5)26(30(34)38-7-2)28(32)27(22)25(24)18-12-14-19(35-4)15-13-18/h8-15,21,25-26,31H,6-7,16H2,1-5H3/t21-,25-,26-/m1/s1. The molecule has 3 atom stereocenters. The van der Waals surface area contributed by atoms with Gasteiger partial charge < -0.3 is 24.3 Å². The third kappa shape index (κ3) is 4.90. The summed E-state index contributed by atoms with van der Waals surface area (Å²) < 4.78 is 21.7. The summed E-state index contributed by atoms with van der Waals surface area (Å²) in [7, 11) is 3.13. The lowest BCUT2D eigenvalue weighted by Crippen LogP contribution is -2.43. The van der Waals surface area contributed by atoms with Crippen LogP contribution in [0.2, 0.25) is 0 Å². The molecule has 0 amide bonds. The van der Waals surface area contributed by atoms with Gasteiger partial charge in [0.05, 0.1) is 33.0 Å². The van der Waals surface area contributed by atoms with Crippen LogP contribution in [0, 0.1) is 5.92 Å². The fraction of sp³-hybridized carbons (Fsp3) is 0.367. The fourth-order valence-corrected chi connectivity index (χ4v) is 5.41. The van der Waals surface area contributed by atoms with E-state index in [4.69, 9.17) is 18.9 Å². The highest BCUT2D eigenvalue weighted by atomic mass is 16.5. The van der Waals surface area contributed by atoms with Crippen LogP contribution < -0.4 is 14.8 Å². The summed E-state index contributed by atoms with van der Waals surface area (Å²) in [6.07, 6.45) is 0.352. The average molecular weight is 520 g/mol. The zero-order valence-electron chi connectivity index (χ0n) is 22.3. The number of carbonyl (C=O) groups excluding carboxylic acids is 3. The Balaban J connectivity index is 1.91. The van der Waals surface area contributed by atoms with Gasteiger partial charge in [0, 0.05) is 28.8 Å². The minimum absolute atomic E-state index is 0.139. The largest absolute Gasteiger partial charge is 0.497 e. The minimum Gasteiger partial charge on any atom is -0.497 e. The molecule has 0 aromatic heterocycles. The number of Topliss-reactive ketones (excluding diaryl/α,β-unsaturated/α-hetero) is 1. The molecule has 0 unspecified atom stereocenters. The highest BCUT2D eigenvalue weighted by Gasteiger charge is 2.49. The Bertz CT molecular complexity index is 1290. The van der Waals surface area contributed by atoms with Crippen LogP contribution in [0.4, 0.5) is 0 Å². The maximum absolute atomic E-state index is 14.4. The number of hydrogen-bond donors (Lipinski definition) is 1. The van der Waals surface area contributed by atoms with Crippen LogP contribution in [0.15, 0.2) is 71.1 Å². The van der Waals surface area contributed by atoms with Crippen molar-refractivity contribution in [3.63, 3.8) is 0 Å². The second-order valence-electron chi connectivity index (χ2n) is 9.13. The number of para-hydroxylation sites is 1. The smallest absolute Gasteiger partial charge is 0.336 e. The van der Waals surface area contributed by atoms with Crippen LogP contribution >= 0.6 is 0 Å². The predicted octanol–water partition coefficient (Wildman–Crippen LogP) is 4.42. The molecule has 0 saturated heterocycles. The summed E-state index contributed by atoms with van der Waals surface area (Å²) in [6.45, 7) is 5.57. The van der Waals surface area contributed by atoms with E-state index >= 15 is 0 Å². The fourth-order valence-electron chi connectivity index (χ4n) is 5.41. The van der Waals surface area contributed by atoms with Crippen LogP contribution in [-0.4, -0.2) is 45.2 Å². The highest BCUT2D eigenvalue weighted by molar-refractivity contribution is 6.13. The maximum atomic E-state index is 14.4. The average Bonchev–Trinajstić information content (AvgIpc) is 2.92. The third-order valence-corrected chi connectivity index (χ3v) is 7.04. The van der Waals surface area contributed by atoms with Crippen molar-refractivity contribution in [1.29, 1.82) is 0 Å². The SMILES string of the molecule is CCOC(=O)C1=C(C)NC2=C(C(=O)[C@H](C(=O)OCC)[C@@H](c3ccccc3OC)C2)[C@@H]1c1ccc(OC)cc1. The Morgan fingerprint density at radius 3 is 2.26 bits per heavy atom. The van der Waals surface area contributed by atoms with Gasteiger partial charge in [-0.3, -0.25) is 9.59 Å². The molecule has 0 bridgehead atoms. The van der Waals surface area contributed by atoms with Gasteiger partial charge in [-0.05, 0) is 56.5 Å². The Hall–Kier alpha value is -4.07. The Morgan fingerprint density at radius 2 is 1.63 bits per heavy atom. The van der Waals surface area contributed by atoms with E-state index in [1.807, 2.05) is 36.4 Å². The lowest BCUT2D eigenvalue weighted by atomic mass is 9.67. The monoisotopic (exact) mass is 519 g/mol. The lowest BCUT2D eigenvalue weighted by molar-refractivity contribution is -0.152. The molecular formula is C30H33NO7. The van der Waals surface area contributed by atoms with E-state index in [-0.39, 0.29) is 19.0 Å². The van der Waals surface area contributed by atoms with Crippen LogP contribution in [0.25, 0.3) is 0 Å². The summed E-state index contributed by atoms with van der Waals surface area (Å²) in [6, 6.07) is 14.6. The first-order valence-corrected chi connectivity index (χ1v) is 12.7. The van der Waals surface area contributed by atoms with Crippen LogP contribution in [0.3, 0.4) is 0 Å². The number of benzene rings is 2. The van der Waals surface area contributed by atoms with Crippen molar-refractivity contribution in [3.8, 4) is 11.5 Å². The molecule has 2 aromatic carbocycles. The Morgan fingerprint density at radius 1 is 0.947 bits per heavy atom. The van der Waals surface area contributed by atoms with Crippen LogP contribution in [0.1, 0.15) is 50.2 Å². The van der Waals surface area contributed by atoms with Crippen molar-refractivity contribution in [2.24, 2.45) is 5.92 Å². The van der Waals surface area contributed by atoms with E-state index in [9.17, 15) is 14.4 Å². The van der Waals surface area contributed by atoms with E-state index in [0.717, 1.165) is 5.56 Å². The molecule has 8 heteroatoms. The molecule has 1 heterocycles. The maximum Gasteiger partial charge on any atom is 0.336 e. The number of ketones is 1. The van der Waals surface area contributed by atoms with E-state index < -0.39 is 29.7 Å². The molecular weight excluding hydrogens is 486 g/mol. The Kier molecular flexibility index (Phi) is 8.20. The van der Waals surface area contributed by atoms with E-state index in [2.05, 4.69) is 5.32 Å². The summed E-state index contributed by atoms with van der Waals surface area (Å²) in [4.78, 5) is 40.9. The van der Waals surface area contributed by atoms with Crippen molar-refractivity contribution in [2.75, 3.05) is 27.4 Å². The van der Waals surface area contributed by atoms with Crippen molar-refractivity contribution in [3.05, 3.63) is 82.2 Å². The molecule has 0 fully saturated rings. The second-order valence-corrected chi connectivity index (χ2v) is 9.13. The number of rotatable bonds is 8. The van der Waals surface area contributed by atoms with Crippen molar-refractivity contribution >= 4 is 17.7 Å². The zero-order valence-corrected chi connectivity index (χ0v) is 22.3. The number of ether oxygens (including phenoxy) is 4. The minimum atomic E-state index is -1.10. The molecule has 1 aliphatic heterocycles. The summed E-state index contributed by atoms with van der Waals surface area (Å²) in [5.74, 6) is -2.61. The van der Waals surface area contributed by atoms with E-state index in [1.165, 1.54) is 0 Å². The topological polar surface area (TPSA) is 100 Å². The molecule has 8 nitrogen and oxygen atoms in total. The Labute approximate surface area is 222 Å². The highest BCUT2D eigenvalue weighted by Crippen LogP contribution is 2.49. The molecule has 2 aliphatic rings. The number of hydrogen-bond acceptors (Lipinski definition) is 8. The van der Waals surface area contributed by atoms with Gasteiger partial charge in [0.15, 0.2) is 5.78 Å². The molecule has 1 N–H and O–H groups in total. The van der Waals surface area contributed by atoms with Gasteiger partial charge in [0.25, 0.3) is 0 Å². The van der Waals surface area contributed by atoms with Gasteiger partial charge in [-0.15, -0.1) is 0 Å². The van der Waals surface area contributed by atoms with E-state index in [0.29, 0.717) is 46.0 Å². The first-order chi connectivity index (χ1) is 18.4. The van der Waals surface area contributed by atoms with Crippen LogP contribution in [0.5, 0.6) is 11.5 Å². The normalized spacial score (nSPS) is 20.9. The number of allylic oxidation sites excluding steroid dienone is 3. The lowest BCUT2D eigenvalue weighted by Gasteiger charge is -2.39. The molecule has 0 radical (unpaired) electrons. The summed E-state index contributed by atoms with van der Waals surface area (Å²) >= 11 is 0. The molecule has 38 heavy (non-hydrogen) atoms. The first kappa shape index (κ1) is 27.0. The molecule has 0 saturated carbocycles. The number of nitrogens with one attached hydrogen (secondary N) is 1. The molecule has 200 valence electrons. The summed E-state index contributed by atoms with van der Waals surface area (Å²) in [5, 5.41) is 3.31. The van der Waals surface area contributed by atoms with E-state index in [1.54, 1.807) is 47.1 Å². The molecule has 1 aliphatic carbocycles. The quantitative estimate of drug-likeness (QED) is 0.404. The third-order valence-electron chi connectivity index (χ3n) is 7.04. The van der Waals surface area contributed by atoms with Crippen molar-refractivity contribution in [1.82, 2.24) is 5.32 Å². The predicted molar refractivity (Wildman–Crippen MR) is 141 cm³/mol. The molecule has 4 rings (SSSR count). The van der Waals surface area contributed by atoms with Gasteiger partial charge in [0.1, 0.15) is 17.4 Å². The van der Waals surface area contributed by atoms with Gasteiger partial charge in [0.2, 0.25) is 0 Å². The van der Waals surface area contributed by atoms with Gasteiger partial charge in [-0.25, -0.2) is 4.79 Å². The first-order valence-electron chi connectivity index (χ1n) is 12.7. The number of methoxy groups -OCH3 is 2.